The summed E-state index contributed by atoms with van der Waals surface area (Å²) in [4.78, 5) is 23.2. The Kier molecular flexibility index (Phi) is 2.35. The molecule has 16 heavy (non-hydrogen) atoms. The Labute approximate surface area is 96.2 Å². The monoisotopic (exact) mass is 238 g/mol. The molecule has 1 aromatic rings. The lowest BCUT2D eigenvalue weighted by Crippen LogP contribution is -2.29. The molecule has 5 heteroatoms. The van der Waals surface area contributed by atoms with Crippen molar-refractivity contribution in [3.05, 3.63) is 33.7 Å². The van der Waals surface area contributed by atoms with E-state index in [2.05, 4.69) is 0 Å². The molecule has 0 spiro atoms. The fourth-order valence-electron chi connectivity index (χ4n) is 1.51. The summed E-state index contributed by atoms with van der Waals surface area (Å²) >= 11 is 1.39. The van der Waals surface area contributed by atoms with Gasteiger partial charge in [0.1, 0.15) is 0 Å². The molecule has 0 amide bonds. The molecule has 0 aromatic carbocycles. The standard InChI is InChI=1S/C11H10O4S/c1-6-3-9(16-5-6)11(2)8(12)4-7(15-11)10(13)14/h3-5H,1-2H3,(H,13,14). The zero-order chi connectivity index (χ0) is 11.9. The van der Waals surface area contributed by atoms with Crippen LogP contribution in [0.15, 0.2) is 23.3 Å². The molecule has 0 bridgehead atoms. The quantitative estimate of drug-likeness (QED) is 0.853. The van der Waals surface area contributed by atoms with Gasteiger partial charge in [-0.05, 0) is 30.9 Å². The van der Waals surface area contributed by atoms with Crippen molar-refractivity contribution >= 4 is 23.1 Å². The van der Waals surface area contributed by atoms with Crippen molar-refractivity contribution in [1.29, 1.82) is 0 Å². The van der Waals surface area contributed by atoms with E-state index < -0.39 is 11.6 Å². The summed E-state index contributed by atoms with van der Waals surface area (Å²) in [5.74, 6) is -1.84. The summed E-state index contributed by atoms with van der Waals surface area (Å²) in [5.41, 5.74) is -0.145. The zero-order valence-electron chi connectivity index (χ0n) is 8.81. The number of carbonyl (C=O) groups excluding carboxylic acids is 1. The van der Waals surface area contributed by atoms with Gasteiger partial charge in [0, 0.05) is 6.08 Å². The van der Waals surface area contributed by atoms with Gasteiger partial charge in [-0.2, -0.15) is 0 Å². The second-order valence-corrected chi connectivity index (χ2v) is 4.71. The van der Waals surface area contributed by atoms with Crippen LogP contribution in [-0.4, -0.2) is 16.9 Å². The van der Waals surface area contributed by atoms with Crippen LogP contribution in [0.3, 0.4) is 0 Å². The van der Waals surface area contributed by atoms with E-state index in [1.165, 1.54) is 11.3 Å². The van der Waals surface area contributed by atoms with E-state index in [4.69, 9.17) is 9.84 Å². The van der Waals surface area contributed by atoms with Crippen LogP contribution < -0.4 is 0 Å². The molecule has 0 saturated heterocycles. The predicted octanol–water partition coefficient (Wildman–Crippen LogP) is 1.84. The van der Waals surface area contributed by atoms with Crippen LogP contribution in [0.5, 0.6) is 0 Å². The maximum atomic E-state index is 11.8. The van der Waals surface area contributed by atoms with Crippen LogP contribution in [0.25, 0.3) is 0 Å². The van der Waals surface area contributed by atoms with Crippen LogP contribution in [-0.2, 0) is 19.9 Å². The summed E-state index contributed by atoms with van der Waals surface area (Å²) in [6.45, 7) is 3.50. The van der Waals surface area contributed by atoms with Crippen LogP contribution in [0, 0.1) is 6.92 Å². The lowest BCUT2D eigenvalue weighted by molar-refractivity contribution is -0.141. The van der Waals surface area contributed by atoms with Gasteiger partial charge in [-0.3, -0.25) is 4.79 Å². The Bertz CT molecular complexity index is 500. The third kappa shape index (κ3) is 1.53. The molecular formula is C11H10O4S. The summed E-state index contributed by atoms with van der Waals surface area (Å²) < 4.78 is 5.24. The Morgan fingerprint density at radius 3 is 2.69 bits per heavy atom. The van der Waals surface area contributed by atoms with Gasteiger partial charge in [-0.15, -0.1) is 11.3 Å². The Hall–Kier alpha value is -1.62. The van der Waals surface area contributed by atoms with Crippen LogP contribution in [0.2, 0.25) is 0 Å². The first-order chi connectivity index (χ1) is 7.43. The molecule has 1 aliphatic heterocycles. The first-order valence-electron chi connectivity index (χ1n) is 4.67. The van der Waals surface area contributed by atoms with Crippen LogP contribution in [0.4, 0.5) is 0 Å². The van der Waals surface area contributed by atoms with Gasteiger partial charge in [0.2, 0.25) is 17.1 Å². The average Bonchev–Trinajstić information content (AvgIpc) is 2.74. The topological polar surface area (TPSA) is 63.6 Å². The number of carboxylic acid groups (broad SMARTS) is 1. The first-order valence-corrected chi connectivity index (χ1v) is 5.55. The lowest BCUT2D eigenvalue weighted by Gasteiger charge is -2.21. The molecule has 1 atom stereocenters. The molecule has 1 N–H and O–H groups in total. The SMILES string of the molecule is Cc1csc(C2(C)OC(C(=O)O)=CC2=O)c1. The third-order valence-corrected chi connectivity index (χ3v) is 3.71. The first kappa shape index (κ1) is 10.9. The number of ketones is 1. The number of aryl methyl sites for hydroxylation is 1. The van der Waals surface area contributed by atoms with Crippen molar-refractivity contribution in [2.24, 2.45) is 0 Å². The molecule has 0 fully saturated rings. The molecule has 0 aliphatic carbocycles. The summed E-state index contributed by atoms with van der Waals surface area (Å²) in [6, 6.07) is 1.83. The second kappa shape index (κ2) is 3.45. The molecule has 0 radical (unpaired) electrons. The van der Waals surface area contributed by atoms with Gasteiger partial charge in [0.25, 0.3) is 0 Å². The van der Waals surface area contributed by atoms with Gasteiger partial charge in [-0.25, -0.2) is 4.79 Å². The lowest BCUT2D eigenvalue weighted by atomic mass is 10.00. The van der Waals surface area contributed by atoms with Gasteiger partial charge in [0.05, 0.1) is 4.88 Å². The van der Waals surface area contributed by atoms with Gasteiger partial charge >= 0.3 is 5.97 Å². The minimum Gasteiger partial charge on any atom is -0.475 e. The molecule has 2 heterocycles. The molecule has 2 rings (SSSR count). The maximum Gasteiger partial charge on any atom is 0.371 e. The van der Waals surface area contributed by atoms with E-state index in [1.807, 2.05) is 18.4 Å². The van der Waals surface area contributed by atoms with Crippen LogP contribution in [0.1, 0.15) is 17.4 Å². The molecule has 1 aromatic heterocycles. The normalized spacial score (nSPS) is 24.1. The van der Waals surface area contributed by atoms with E-state index in [1.54, 1.807) is 6.92 Å². The minimum atomic E-state index is -1.22. The largest absolute Gasteiger partial charge is 0.475 e. The highest BCUT2D eigenvalue weighted by Gasteiger charge is 2.44. The number of carbonyl (C=O) groups is 2. The third-order valence-electron chi connectivity index (χ3n) is 2.46. The molecule has 84 valence electrons. The highest BCUT2D eigenvalue weighted by molar-refractivity contribution is 7.10. The fraction of sp³-hybridized carbons (Fsp3) is 0.273. The van der Waals surface area contributed by atoms with Crippen LogP contribution >= 0.6 is 11.3 Å². The smallest absolute Gasteiger partial charge is 0.371 e. The number of carboxylic acids is 1. The van der Waals surface area contributed by atoms with Gasteiger partial charge in [-0.1, -0.05) is 0 Å². The van der Waals surface area contributed by atoms with E-state index in [9.17, 15) is 9.59 Å². The van der Waals surface area contributed by atoms with Crippen molar-refractivity contribution in [3.8, 4) is 0 Å². The molecule has 4 nitrogen and oxygen atoms in total. The highest BCUT2D eigenvalue weighted by Crippen LogP contribution is 2.38. The molecular weight excluding hydrogens is 228 g/mol. The van der Waals surface area contributed by atoms with Crippen molar-refractivity contribution < 1.29 is 19.4 Å². The van der Waals surface area contributed by atoms with Gasteiger partial charge in [0.15, 0.2) is 0 Å². The zero-order valence-corrected chi connectivity index (χ0v) is 9.63. The van der Waals surface area contributed by atoms with Crippen molar-refractivity contribution in [2.45, 2.75) is 19.4 Å². The van der Waals surface area contributed by atoms with Crippen molar-refractivity contribution in [3.63, 3.8) is 0 Å². The Morgan fingerprint density at radius 2 is 2.25 bits per heavy atom. The van der Waals surface area contributed by atoms with Crippen molar-refractivity contribution in [2.75, 3.05) is 0 Å². The van der Waals surface area contributed by atoms with Gasteiger partial charge < -0.3 is 9.84 Å². The number of hydrogen-bond acceptors (Lipinski definition) is 4. The number of ether oxygens (including phenoxy) is 1. The minimum absolute atomic E-state index is 0.293. The molecule has 0 saturated carbocycles. The average molecular weight is 238 g/mol. The van der Waals surface area contributed by atoms with E-state index >= 15 is 0 Å². The summed E-state index contributed by atoms with van der Waals surface area (Å²) in [5, 5.41) is 10.7. The maximum absolute atomic E-state index is 11.8. The second-order valence-electron chi connectivity index (χ2n) is 3.80. The van der Waals surface area contributed by atoms with E-state index in [0.717, 1.165) is 16.5 Å². The highest BCUT2D eigenvalue weighted by atomic mass is 32.1. The predicted molar refractivity (Wildman–Crippen MR) is 58.2 cm³/mol. The Balaban J connectivity index is 2.37. The van der Waals surface area contributed by atoms with E-state index in [-0.39, 0.29) is 11.5 Å². The summed E-state index contributed by atoms with van der Waals surface area (Å²) in [6.07, 6.45) is 1.04. The molecule has 1 unspecified atom stereocenters. The van der Waals surface area contributed by atoms with E-state index in [0.29, 0.717) is 0 Å². The Morgan fingerprint density at radius 1 is 1.56 bits per heavy atom. The summed E-state index contributed by atoms with van der Waals surface area (Å²) in [7, 11) is 0. The molecule has 1 aliphatic rings. The number of hydrogen-bond donors (Lipinski definition) is 1. The number of aliphatic carboxylic acids is 1. The van der Waals surface area contributed by atoms with Crippen molar-refractivity contribution in [1.82, 2.24) is 0 Å². The number of thiophene rings is 1. The fourth-order valence-corrected chi connectivity index (χ4v) is 2.52. The number of rotatable bonds is 2.